The first-order chi connectivity index (χ1) is 13.1. The van der Waals surface area contributed by atoms with Crippen molar-refractivity contribution in [1.29, 1.82) is 0 Å². The summed E-state index contributed by atoms with van der Waals surface area (Å²) in [6, 6.07) is 4.40. The van der Waals surface area contributed by atoms with Crippen molar-refractivity contribution in [2.45, 2.75) is 38.6 Å². The number of carbonyl (C=O) groups excluding carboxylic acids is 3. The molecule has 27 heavy (non-hydrogen) atoms. The Balaban J connectivity index is 1.42. The Bertz CT molecular complexity index is 896. The van der Waals surface area contributed by atoms with Gasteiger partial charge in [-0.1, -0.05) is 16.8 Å². The number of amides is 4. The van der Waals surface area contributed by atoms with Crippen molar-refractivity contribution in [3.05, 3.63) is 41.8 Å². The van der Waals surface area contributed by atoms with Crippen molar-refractivity contribution >= 4 is 17.8 Å². The van der Waals surface area contributed by atoms with Crippen LogP contribution >= 0.6 is 0 Å². The standard InChI is InChI=1S/C19H19N3O5/c23-17-18(24)22(12-14-11-16(27-20-14)15-7-4-10-26-15)19(25)21(17)9-8-13-5-2-1-3-6-13/h4-5,7,10-11H,1-3,6,8-9,12H2. The maximum atomic E-state index is 12.6. The maximum Gasteiger partial charge on any atom is 0.334 e. The van der Waals surface area contributed by atoms with Crippen molar-refractivity contribution in [1.82, 2.24) is 15.0 Å². The van der Waals surface area contributed by atoms with Gasteiger partial charge in [0.2, 0.25) is 5.76 Å². The minimum absolute atomic E-state index is 0.118. The number of hydrogen-bond donors (Lipinski definition) is 0. The number of aromatic nitrogens is 1. The van der Waals surface area contributed by atoms with Gasteiger partial charge in [-0.05, 0) is 44.2 Å². The van der Waals surface area contributed by atoms with E-state index in [1.165, 1.54) is 18.3 Å². The molecule has 0 saturated carbocycles. The molecule has 8 nitrogen and oxygen atoms in total. The summed E-state index contributed by atoms with van der Waals surface area (Å²) in [4.78, 5) is 38.9. The van der Waals surface area contributed by atoms with Gasteiger partial charge in [0.1, 0.15) is 5.69 Å². The molecule has 0 unspecified atom stereocenters. The fourth-order valence-electron chi connectivity index (χ4n) is 3.36. The second-order valence-corrected chi connectivity index (χ2v) is 6.65. The summed E-state index contributed by atoms with van der Waals surface area (Å²) < 4.78 is 10.4. The molecular weight excluding hydrogens is 350 g/mol. The average Bonchev–Trinajstić information content (AvgIpc) is 3.40. The van der Waals surface area contributed by atoms with Gasteiger partial charge in [-0.15, -0.1) is 0 Å². The van der Waals surface area contributed by atoms with Crippen LogP contribution in [0.25, 0.3) is 11.5 Å². The molecule has 0 spiro atoms. The molecule has 140 valence electrons. The summed E-state index contributed by atoms with van der Waals surface area (Å²) in [5, 5.41) is 3.85. The topological polar surface area (TPSA) is 96.9 Å². The van der Waals surface area contributed by atoms with Gasteiger partial charge in [0, 0.05) is 12.6 Å². The lowest BCUT2D eigenvalue weighted by Crippen LogP contribution is -2.34. The van der Waals surface area contributed by atoms with Crippen LogP contribution in [0.2, 0.25) is 0 Å². The summed E-state index contributed by atoms with van der Waals surface area (Å²) in [6.45, 7) is 0.106. The van der Waals surface area contributed by atoms with Gasteiger partial charge in [-0.3, -0.25) is 14.5 Å². The SMILES string of the molecule is O=C1C(=O)N(Cc2cc(-c3ccco3)on2)C(=O)N1CCC1=CCCCC1. The summed E-state index contributed by atoms with van der Waals surface area (Å²) in [6.07, 6.45) is 8.61. The number of nitrogens with zero attached hydrogens (tertiary/aromatic N) is 3. The molecule has 1 aliphatic heterocycles. The van der Waals surface area contributed by atoms with Crippen molar-refractivity contribution in [2.24, 2.45) is 0 Å². The Hall–Kier alpha value is -3.16. The molecule has 1 aliphatic carbocycles. The minimum Gasteiger partial charge on any atom is -0.461 e. The van der Waals surface area contributed by atoms with E-state index in [-0.39, 0.29) is 13.1 Å². The number of urea groups is 1. The van der Waals surface area contributed by atoms with E-state index in [1.807, 2.05) is 0 Å². The second kappa shape index (κ2) is 7.22. The molecule has 4 rings (SSSR count). The Morgan fingerprint density at radius 2 is 1.93 bits per heavy atom. The van der Waals surface area contributed by atoms with Gasteiger partial charge in [0.15, 0.2) is 5.76 Å². The highest BCUT2D eigenvalue weighted by Crippen LogP contribution is 2.24. The number of imide groups is 2. The lowest BCUT2D eigenvalue weighted by atomic mass is 9.97. The van der Waals surface area contributed by atoms with E-state index >= 15 is 0 Å². The molecule has 0 atom stereocenters. The van der Waals surface area contributed by atoms with E-state index in [0.29, 0.717) is 23.6 Å². The van der Waals surface area contributed by atoms with Gasteiger partial charge < -0.3 is 8.94 Å². The Morgan fingerprint density at radius 1 is 1.07 bits per heavy atom. The zero-order chi connectivity index (χ0) is 18.8. The summed E-state index contributed by atoms with van der Waals surface area (Å²) in [5.41, 5.74) is 1.61. The summed E-state index contributed by atoms with van der Waals surface area (Å²) in [5.74, 6) is -0.737. The van der Waals surface area contributed by atoms with Gasteiger partial charge in [0.25, 0.3) is 0 Å². The van der Waals surface area contributed by atoms with E-state index in [2.05, 4.69) is 11.2 Å². The predicted molar refractivity (Wildman–Crippen MR) is 93.0 cm³/mol. The van der Waals surface area contributed by atoms with Crippen LogP contribution in [0.4, 0.5) is 4.79 Å². The number of hydrogen-bond acceptors (Lipinski definition) is 6. The third-order valence-corrected chi connectivity index (χ3v) is 4.82. The molecule has 8 heteroatoms. The van der Waals surface area contributed by atoms with Crippen LogP contribution in [0.1, 0.15) is 37.8 Å². The highest BCUT2D eigenvalue weighted by atomic mass is 16.5. The molecule has 2 aromatic rings. The fourth-order valence-corrected chi connectivity index (χ4v) is 3.36. The molecule has 1 saturated heterocycles. The molecule has 1 fully saturated rings. The van der Waals surface area contributed by atoms with E-state index in [4.69, 9.17) is 8.94 Å². The fraction of sp³-hybridized carbons (Fsp3) is 0.368. The molecule has 0 bridgehead atoms. The van der Waals surface area contributed by atoms with Crippen LogP contribution in [-0.2, 0) is 16.1 Å². The van der Waals surface area contributed by atoms with Crippen LogP contribution in [-0.4, -0.2) is 39.3 Å². The van der Waals surface area contributed by atoms with Gasteiger partial charge >= 0.3 is 17.8 Å². The van der Waals surface area contributed by atoms with Crippen molar-refractivity contribution in [2.75, 3.05) is 6.54 Å². The zero-order valence-corrected chi connectivity index (χ0v) is 14.7. The smallest absolute Gasteiger partial charge is 0.334 e. The van der Waals surface area contributed by atoms with Crippen LogP contribution < -0.4 is 0 Å². The normalized spacial score (nSPS) is 17.8. The Kier molecular flexibility index (Phi) is 4.62. The highest BCUT2D eigenvalue weighted by molar-refractivity contribution is 6.44. The van der Waals surface area contributed by atoms with Gasteiger partial charge in [0.05, 0.1) is 12.8 Å². The molecule has 2 aliphatic rings. The van der Waals surface area contributed by atoms with Gasteiger partial charge in [-0.25, -0.2) is 9.69 Å². The quantitative estimate of drug-likeness (QED) is 0.441. The van der Waals surface area contributed by atoms with E-state index in [0.717, 1.165) is 29.1 Å². The first-order valence-corrected chi connectivity index (χ1v) is 8.98. The first-order valence-electron chi connectivity index (χ1n) is 8.98. The van der Waals surface area contributed by atoms with Crippen LogP contribution in [0.5, 0.6) is 0 Å². The lowest BCUT2D eigenvalue weighted by molar-refractivity contribution is -0.143. The predicted octanol–water partition coefficient (Wildman–Crippen LogP) is 3.12. The molecule has 0 radical (unpaired) electrons. The van der Waals surface area contributed by atoms with E-state index in [1.54, 1.807) is 18.2 Å². The Labute approximate surface area is 155 Å². The molecule has 0 aromatic carbocycles. The molecule has 2 aromatic heterocycles. The number of furan rings is 1. The van der Waals surface area contributed by atoms with E-state index < -0.39 is 17.8 Å². The summed E-state index contributed by atoms with van der Waals surface area (Å²) in [7, 11) is 0. The Morgan fingerprint density at radius 3 is 2.67 bits per heavy atom. The van der Waals surface area contributed by atoms with Crippen LogP contribution in [0, 0.1) is 0 Å². The van der Waals surface area contributed by atoms with Crippen molar-refractivity contribution in [3.8, 4) is 11.5 Å². The molecular formula is C19H19N3O5. The highest BCUT2D eigenvalue weighted by Gasteiger charge is 2.44. The maximum absolute atomic E-state index is 12.6. The molecule has 0 N–H and O–H groups in total. The average molecular weight is 369 g/mol. The number of carbonyl (C=O) groups is 3. The van der Waals surface area contributed by atoms with Crippen molar-refractivity contribution in [3.63, 3.8) is 0 Å². The first kappa shape index (κ1) is 17.3. The lowest BCUT2D eigenvalue weighted by Gasteiger charge is -2.17. The summed E-state index contributed by atoms with van der Waals surface area (Å²) >= 11 is 0. The van der Waals surface area contributed by atoms with E-state index in [9.17, 15) is 14.4 Å². The van der Waals surface area contributed by atoms with Gasteiger partial charge in [-0.2, -0.15) is 0 Å². The number of allylic oxidation sites excluding steroid dienone is 1. The van der Waals surface area contributed by atoms with Crippen LogP contribution in [0.15, 0.2) is 45.1 Å². The zero-order valence-electron chi connectivity index (χ0n) is 14.7. The number of rotatable bonds is 6. The minimum atomic E-state index is -0.833. The second-order valence-electron chi connectivity index (χ2n) is 6.65. The third-order valence-electron chi connectivity index (χ3n) is 4.82. The molecule has 3 heterocycles. The van der Waals surface area contributed by atoms with Crippen LogP contribution in [0.3, 0.4) is 0 Å². The third kappa shape index (κ3) is 3.42. The largest absolute Gasteiger partial charge is 0.461 e. The van der Waals surface area contributed by atoms with Crippen molar-refractivity contribution < 1.29 is 23.3 Å². The molecule has 4 amide bonds. The monoisotopic (exact) mass is 369 g/mol.